The number of fused-ring (bicyclic) bond motifs is 1. The van der Waals surface area contributed by atoms with Crippen molar-refractivity contribution in [1.29, 1.82) is 0 Å². The molecule has 0 spiro atoms. The van der Waals surface area contributed by atoms with E-state index in [9.17, 15) is 4.79 Å². The lowest BCUT2D eigenvalue weighted by Gasteiger charge is -2.03. The number of benzene rings is 1. The zero-order valence-corrected chi connectivity index (χ0v) is 12.3. The van der Waals surface area contributed by atoms with Crippen LogP contribution in [0, 0.1) is 0 Å². The van der Waals surface area contributed by atoms with Crippen LogP contribution < -0.4 is 4.74 Å². The standard InChI is InChI=1S/C15H11BrN2O2/c1-20-11-6-4-10(5-7-11)15-17-13(9-19)14-12(16)3-2-8-18(14)15/h2-9H,1H3. The van der Waals surface area contributed by atoms with E-state index >= 15 is 0 Å². The number of ether oxygens (including phenoxy) is 1. The number of carbonyl (C=O) groups is 1. The Labute approximate surface area is 124 Å². The minimum Gasteiger partial charge on any atom is -0.497 e. The lowest BCUT2D eigenvalue weighted by Crippen LogP contribution is -1.89. The summed E-state index contributed by atoms with van der Waals surface area (Å²) in [6.07, 6.45) is 2.66. The summed E-state index contributed by atoms with van der Waals surface area (Å²) in [5.74, 6) is 1.51. The topological polar surface area (TPSA) is 43.6 Å². The first-order valence-electron chi connectivity index (χ1n) is 6.01. The average Bonchev–Trinajstić information content (AvgIpc) is 2.87. The lowest BCUT2D eigenvalue weighted by molar-refractivity contribution is 0.112. The van der Waals surface area contributed by atoms with Crippen molar-refractivity contribution in [1.82, 2.24) is 9.38 Å². The molecule has 0 amide bonds. The van der Waals surface area contributed by atoms with Gasteiger partial charge in [0.2, 0.25) is 0 Å². The summed E-state index contributed by atoms with van der Waals surface area (Å²) in [7, 11) is 1.63. The summed E-state index contributed by atoms with van der Waals surface area (Å²) in [6, 6.07) is 11.4. The summed E-state index contributed by atoms with van der Waals surface area (Å²) in [5.41, 5.74) is 2.11. The van der Waals surface area contributed by atoms with Crippen LogP contribution >= 0.6 is 15.9 Å². The van der Waals surface area contributed by atoms with Crippen molar-refractivity contribution in [3.63, 3.8) is 0 Å². The molecule has 100 valence electrons. The van der Waals surface area contributed by atoms with Gasteiger partial charge in [0.25, 0.3) is 0 Å². The van der Waals surface area contributed by atoms with Crippen LogP contribution in [-0.4, -0.2) is 22.8 Å². The van der Waals surface area contributed by atoms with Gasteiger partial charge in [-0.25, -0.2) is 4.98 Å². The van der Waals surface area contributed by atoms with Crippen molar-refractivity contribution in [3.8, 4) is 17.1 Å². The van der Waals surface area contributed by atoms with Crippen molar-refractivity contribution in [2.24, 2.45) is 0 Å². The molecule has 3 rings (SSSR count). The highest BCUT2D eigenvalue weighted by Gasteiger charge is 2.14. The van der Waals surface area contributed by atoms with E-state index in [1.165, 1.54) is 0 Å². The monoisotopic (exact) mass is 330 g/mol. The maximum absolute atomic E-state index is 11.2. The molecule has 0 fully saturated rings. The van der Waals surface area contributed by atoms with Crippen LogP contribution in [0.2, 0.25) is 0 Å². The van der Waals surface area contributed by atoms with E-state index in [-0.39, 0.29) is 0 Å². The van der Waals surface area contributed by atoms with Gasteiger partial charge in [0.15, 0.2) is 6.29 Å². The Balaban J connectivity index is 2.25. The quantitative estimate of drug-likeness (QED) is 0.689. The Morgan fingerprint density at radius 3 is 2.65 bits per heavy atom. The number of imidazole rings is 1. The fourth-order valence-corrected chi connectivity index (χ4v) is 2.70. The van der Waals surface area contributed by atoms with Gasteiger partial charge in [0.05, 0.1) is 12.6 Å². The Morgan fingerprint density at radius 1 is 1.25 bits per heavy atom. The number of pyridine rings is 1. The van der Waals surface area contributed by atoms with Crippen LogP contribution in [0.4, 0.5) is 0 Å². The first-order chi connectivity index (χ1) is 9.74. The average molecular weight is 331 g/mol. The summed E-state index contributed by atoms with van der Waals surface area (Å²) in [4.78, 5) is 15.6. The normalized spacial score (nSPS) is 10.7. The van der Waals surface area contributed by atoms with Crippen LogP contribution in [0.5, 0.6) is 5.75 Å². The molecular weight excluding hydrogens is 320 g/mol. The second-order valence-corrected chi connectivity index (χ2v) is 5.10. The number of rotatable bonds is 3. The minimum atomic E-state index is 0.420. The van der Waals surface area contributed by atoms with Gasteiger partial charge in [-0.2, -0.15) is 0 Å². The number of aromatic nitrogens is 2. The molecule has 2 heterocycles. The van der Waals surface area contributed by atoms with Gasteiger partial charge < -0.3 is 4.74 Å². The zero-order chi connectivity index (χ0) is 14.1. The molecule has 0 saturated carbocycles. The highest BCUT2D eigenvalue weighted by molar-refractivity contribution is 9.10. The van der Waals surface area contributed by atoms with E-state index in [2.05, 4.69) is 20.9 Å². The Kier molecular flexibility index (Phi) is 3.28. The molecule has 20 heavy (non-hydrogen) atoms. The molecule has 4 nitrogen and oxygen atoms in total. The van der Waals surface area contributed by atoms with E-state index in [0.717, 1.165) is 33.4 Å². The van der Waals surface area contributed by atoms with Crippen LogP contribution in [0.3, 0.4) is 0 Å². The maximum Gasteiger partial charge on any atom is 0.170 e. The maximum atomic E-state index is 11.2. The summed E-state index contributed by atoms with van der Waals surface area (Å²) in [5, 5.41) is 0. The molecule has 1 aromatic carbocycles. The predicted octanol–water partition coefficient (Wildman–Crippen LogP) is 3.58. The number of halogens is 1. The van der Waals surface area contributed by atoms with Crippen LogP contribution in [-0.2, 0) is 0 Å². The van der Waals surface area contributed by atoms with Crippen molar-refractivity contribution >= 4 is 27.7 Å². The van der Waals surface area contributed by atoms with E-state index in [1.807, 2.05) is 47.0 Å². The van der Waals surface area contributed by atoms with Crippen molar-refractivity contribution in [2.45, 2.75) is 0 Å². The number of hydrogen-bond acceptors (Lipinski definition) is 3. The number of hydrogen-bond donors (Lipinski definition) is 0. The fraction of sp³-hybridized carbons (Fsp3) is 0.0667. The number of carbonyl (C=O) groups excluding carboxylic acids is 1. The second-order valence-electron chi connectivity index (χ2n) is 4.24. The van der Waals surface area contributed by atoms with Gasteiger partial charge in [-0.3, -0.25) is 9.20 Å². The van der Waals surface area contributed by atoms with Crippen LogP contribution in [0.1, 0.15) is 10.5 Å². The summed E-state index contributed by atoms with van der Waals surface area (Å²) < 4.78 is 7.89. The van der Waals surface area contributed by atoms with Gasteiger partial charge in [-0.1, -0.05) is 0 Å². The molecule has 0 aliphatic rings. The molecule has 0 saturated heterocycles. The molecule has 2 aromatic heterocycles. The van der Waals surface area contributed by atoms with Crippen molar-refractivity contribution in [2.75, 3.05) is 7.11 Å². The zero-order valence-electron chi connectivity index (χ0n) is 10.7. The molecule has 0 atom stereocenters. The van der Waals surface area contributed by atoms with Gasteiger partial charge in [-0.05, 0) is 52.3 Å². The van der Waals surface area contributed by atoms with Gasteiger partial charge in [0.1, 0.15) is 17.3 Å². The van der Waals surface area contributed by atoms with E-state index in [1.54, 1.807) is 7.11 Å². The molecule has 0 aliphatic carbocycles. The van der Waals surface area contributed by atoms with Gasteiger partial charge >= 0.3 is 0 Å². The first-order valence-corrected chi connectivity index (χ1v) is 6.80. The summed E-state index contributed by atoms with van der Waals surface area (Å²) >= 11 is 3.46. The first kappa shape index (κ1) is 12.9. The van der Waals surface area contributed by atoms with Crippen molar-refractivity contribution < 1.29 is 9.53 Å². The lowest BCUT2D eigenvalue weighted by atomic mass is 10.2. The molecule has 0 unspecified atom stereocenters. The van der Waals surface area contributed by atoms with Crippen molar-refractivity contribution in [3.05, 3.63) is 52.8 Å². The Morgan fingerprint density at radius 2 is 2.00 bits per heavy atom. The molecule has 0 N–H and O–H groups in total. The molecular formula is C15H11BrN2O2. The van der Waals surface area contributed by atoms with E-state index < -0.39 is 0 Å². The summed E-state index contributed by atoms with van der Waals surface area (Å²) in [6.45, 7) is 0. The fourth-order valence-electron chi connectivity index (χ4n) is 2.15. The molecule has 0 aliphatic heterocycles. The second kappa shape index (κ2) is 5.09. The number of nitrogens with zero attached hydrogens (tertiary/aromatic N) is 2. The van der Waals surface area contributed by atoms with Gasteiger partial charge in [-0.15, -0.1) is 0 Å². The third kappa shape index (κ3) is 2.00. The largest absolute Gasteiger partial charge is 0.497 e. The highest BCUT2D eigenvalue weighted by Crippen LogP contribution is 2.28. The molecule has 3 aromatic rings. The Hall–Kier alpha value is -2.14. The molecule has 5 heteroatoms. The number of aldehydes is 1. The third-order valence-electron chi connectivity index (χ3n) is 3.10. The highest BCUT2D eigenvalue weighted by atomic mass is 79.9. The molecule has 0 bridgehead atoms. The number of methoxy groups -OCH3 is 1. The molecule has 0 radical (unpaired) electrons. The SMILES string of the molecule is COc1ccc(-c2nc(C=O)c3c(Br)cccn23)cc1. The third-order valence-corrected chi connectivity index (χ3v) is 3.74. The van der Waals surface area contributed by atoms with Crippen LogP contribution in [0.25, 0.3) is 16.9 Å². The smallest absolute Gasteiger partial charge is 0.170 e. The van der Waals surface area contributed by atoms with Gasteiger partial charge in [0, 0.05) is 16.2 Å². The minimum absolute atomic E-state index is 0.420. The van der Waals surface area contributed by atoms with Crippen LogP contribution in [0.15, 0.2) is 47.1 Å². The Bertz CT molecular complexity index is 778. The van der Waals surface area contributed by atoms with E-state index in [0.29, 0.717) is 5.69 Å². The predicted molar refractivity (Wildman–Crippen MR) is 80.3 cm³/mol. The van der Waals surface area contributed by atoms with E-state index in [4.69, 9.17) is 4.74 Å².